The summed E-state index contributed by atoms with van der Waals surface area (Å²) in [5, 5.41) is 9.79. The van der Waals surface area contributed by atoms with Gasteiger partial charge in [-0.2, -0.15) is 0 Å². The molecule has 0 fully saturated rings. The van der Waals surface area contributed by atoms with Crippen LogP contribution in [0.15, 0.2) is 30.5 Å². The molecular weight excluding hydrogens is 235 g/mol. The Labute approximate surface area is 94.4 Å². The normalized spacial score (nSPS) is 11.5. The number of rotatable bonds is 3. The van der Waals surface area contributed by atoms with Gasteiger partial charge in [-0.05, 0) is 17.7 Å². The Morgan fingerprint density at radius 2 is 2.12 bits per heavy atom. The van der Waals surface area contributed by atoms with E-state index in [2.05, 4.69) is 20.1 Å². The van der Waals surface area contributed by atoms with E-state index in [1.807, 2.05) is 0 Å². The van der Waals surface area contributed by atoms with Gasteiger partial charge in [0, 0.05) is 12.6 Å². The molecule has 0 aliphatic rings. The molecule has 90 valence electrons. The lowest BCUT2D eigenvalue weighted by molar-refractivity contribution is -0.274. The number of nitrogens with zero attached hydrogens (tertiary/aromatic N) is 2. The zero-order chi connectivity index (χ0) is 12.3. The summed E-state index contributed by atoms with van der Waals surface area (Å²) in [5.74, 6) is -0.238. The van der Waals surface area contributed by atoms with Crippen LogP contribution in [0.5, 0.6) is 5.75 Å². The second-order valence-corrected chi connectivity index (χ2v) is 3.34. The predicted molar refractivity (Wildman–Crippen MR) is 52.3 cm³/mol. The molecule has 0 spiro atoms. The van der Waals surface area contributed by atoms with E-state index < -0.39 is 6.36 Å². The van der Waals surface area contributed by atoms with E-state index in [1.165, 1.54) is 18.2 Å². The second-order valence-electron chi connectivity index (χ2n) is 3.34. The van der Waals surface area contributed by atoms with Gasteiger partial charge in [-0.15, -0.1) is 18.3 Å². The molecule has 1 heterocycles. The maximum absolute atomic E-state index is 12.0. The van der Waals surface area contributed by atoms with Gasteiger partial charge in [0.25, 0.3) is 0 Å². The van der Waals surface area contributed by atoms with E-state index in [1.54, 1.807) is 12.3 Å². The highest BCUT2D eigenvalue weighted by atomic mass is 19.4. The average molecular weight is 243 g/mol. The summed E-state index contributed by atoms with van der Waals surface area (Å²) >= 11 is 0. The number of alkyl halides is 3. The lowest BCUT2D eigenvalue weighted by atomic mass is 10.1. The number of ether oxygens (including phenoxy) is 1. The first kappa shape index (κ1) is 11.4. The fraction of sp³-hybridized carbons (Fsp3) is 0.200. The molecule has 1 aromatic heterocycles. The minimum Gasteiger partial charge on any atom is -0.406 e. The number of hydrogen-bond donors (Lipinski definition) is 1. The Balaban J connectivity index is 2.12. The highest BCUT2D eigenvalue weighted by Gasteiger charge is 2.31. The van der Waals surface area contributed by atoms with E-state index in [0.717, 1.165) is 0 Å². The van der Waals surface area contributed by atoms with Crippen LogP contribution < -0.4 is 4.74 Å². The third-order valence-electron chi connectivity index (χ3n) is 1.98. The van der Waals surface area contributed by atoms with Crippen LogP contribution in [-0.4, -0.2) is 21.8 Å². The smallest absolute Gasteiger partial charge is 0.406 e. The minimum absolute atomic E-state index is 0.238. The van der Waals surface area contributed by atoms with Crippen LogP contribution in [0.25, 0.3) is 0 Å². The first-order valence-electron chi connectivity index (χ1n) is 4.73. The number of H-pyrrole nitrogens is 1. The molecule has 7 heteroatoms. The summed E-state index contributed by atoms with van der Waals surface area (Å²) in [6.45, 7) is 0. The maximum atomic E-state index is 12.0. The summed E-state index contributed by atoms with van der Waals surface area (Å²) in [6, 6.07) is 5.76. The van der Waals surface area contributed by atoms with Crippen molar-refractivity contribution in [1.29, 1.82) is 0 Å². The largest absolute Gasteiger partial charge is 0.573 e. The summed E-state index contributed by atoms with van der Waals surface area (Å²) < 4.78 is 39.8. The van der Waals surface area contributed by atoms with Crippen LogP contribution in [0.3, 0.4) is 0 Å². The molecule has 0 aliphatic heterocycles. The van der Waals surface area contributed by atoms with E-state index in [9.17, 15) is 13.2 Å². The first-order valence-corrected chi connectivity index (χ1v) is 4.73. The molecule has 1 aromatic carbocycles. The van der Waals surface area contributed by atoms with Crippen LogP contribution in [0.4, 0.5) is 13.2 Å². The zero-order valence-electron chi connectivity index (χ0n) is 8.53. The summed E-state index contributed by atoms with van der Waals surface area (Å²) in [7, 11) is 0. The SMILES string of the molecule is FC(F)(F)Oc1cccc(Cc2c[nH]nn2)c1. The molecule has 0 atom stereocenters. The molecule has 0 amide bonds. The third-order valence-corrected chi connectivity index (χ3v) is 1.98. The molecule has 1 N–H and O–H groups in total. The fourth-order valence-electron chi connectivity index (χ4n) is 1.37. The number of hydrogen-bond acceptors (Lipinski definition) is 3. The van der Waals surface area contributed by atoms with Crippen molar-refractivity contribution in [3.63, 3.8) is 0 Å². The van der Waals surface area contributed by atoms with Crippen molar-refractivity contribution in [3.05, 3.63) is 41.7 Å². The van der Waals surface area contributed by atoms with E-state index in [4.69, 9.17) is 0 Å². The minimum atomic E-state index is -4.67. The summed E-state index contributed by atoms with van der Waals surface area (Å²) in [4.78, 5) is 0. The number of nitrogens with one attached hydrogen (secondary N) is 1. The van der Waals surface area contributed by atoms with Crippen LogP contribution in [-0.2, 0) is 6.42 Å². The van der Waals surface area contributed by atoms with Gasteiger partial charge in [0.15, 0.2) is 0 Å². The van der Waals surface area contributed by atoms with Crippen molar-refractivity contribution in [1.82, 2.24) is 15.4 Å². The Bertz CT molecular complexity index is 482. The molecule has 17 heavy (non-hydrogen) atoms. The van der Waals surface area contributed by atoms with Crippen molar-refractivity contribution >= 4 is 0 Å². The molecule has 0 bridgehead atoms. The van der Waals surface area contributed by atoms with Gasteiger partial charge in [-0.25, -0.2) is 0 Å². The van der Waals surface area contributed by atoms with Crippen molar-refractivity contribution < 1.29 is 17.9 Å². The van der Waals surface area contributed by atoms with Gasteiger partial charge in [0.2, 0.25) is 0 Å². The molecule has 0 radical (unpaired) electrons. The highest BCUT2D eigenvalue weighted by Crippen LogP contribution is 2.23. The summed E-state index contributed by atoms with van der Waals surface area (Å²) in [6.07, 6.45) is -2.70. The molecule has 0 saturated carbocycles. The van der Waals surface area contributed by atoms with Crippen LogP contribution in [0.2, 0.25) is 0 Å². The Morgan fingerprint density at radius 3 is 2.76 bits per heavy atom. The first-order chi connectivity index (χ1) is 8.03. The molecule has 0 saturated heterocycles. The van der Waals surface area contributed by atoms with Gasteiger partial charge in [-0.3, -0.25) is 5.10 Å². The number of benzene rings is 1. The van der Waals surface area contributed by atoms with Crippen molar-refractivity contribution in [2.45, 2.75) is 12.8 Å². The standard InChI is InChI=1S/C10H8F3N3O/c11-10(12,13)17-9-3-1-2-7(5-9)4-8-6-14-16-15-8/h1-3,5-6H,4H2,(H,14,15,16). The Morgan fingerprint density at radius 1 is 1.29 bits per heavy atom. The average Bonchev–Trinajstić information content (AvgIpc) is 2.68. The zero-order valence-corrected chi connectivity index (χ0v) is 8.53. The quantitative estimate of drug-likeness (QED) is 0.899. The Hall–Kier alpha value is -2.05. The topological polar surface area (TPSA) is 50.8 Å². The maximum Gasteiger partial charge on any atom is 0.573 e. The number of aromatic amines is 1. The van der Waals surface area contributed by atoms with Crippen LogP contribution in [0, 0.1) is 0 Å². The molecule has 2 aromatic rings. The molecule has 0 aliphatic carbocycles. The lowest BCUT2D eigenvalue weighted by Gasteiger charge is -2.09. The summed E-state index contributed by atoms with van der Waals surface area (Å²) in [5.41, 5.74) is 1.31. The van der Waals surface area contributed by atoms with Gasteiger partial charge in [0.1, 0.15) is 5.75 Å². The Kier molecular flexibility index (Phi) is 2.99. The van der Waals surface area contributed by atoms with Crippen LogP contribution in [0.1, 0.15) is 11.3 Å². The van der Waals surface area contributed by atoms with Crippen molar-refractivity contribution in [2.24, 2.45) is 0 Å². The molecule has 0 unspecified atom stereocenters. The van der Waals surface area contributed by atoms with Crippen molar-refractivity contribution in [3.8, 4) is 5.75 Å². The fourth-order valence-corrected chi connectivity index (χ4v) is 1.37. The third kappa shape index (κ3) is 3.47. The van der Waals surface area contributed by atoms with Crippen molar-refractivity contribution in [2.75, 3.05) is 0 Å². The van der Waals surface area contributed by atoms with E-state index >= 15 is 0 Å². The van der Waals surface area contributed by atoms with Crippen LogP contribution >= 0.6 is 0 Å². The molecule has 2 rings (SSSR count). The lowest BCUT2D eigenvalue weighted by Crippen LogP contribution is -2.17. The second kappa shape index (κ2) is 4.44. The number of aromatic nitrogens is 3. The number of halogens is 3. The molecule has 4 nitrogen and oxygen atoms in total. The van der Waals surface area contributed by atoms with Gasteiger partial charge in [0.05, 0.1) is 5.69 Å². The van der Waals surface area contributed by atoms with E-state index in [0.29, 0.717) is 17.7 Å². The molecular formula is C10H8F3N3O. The monoisotopic (exact) mass is 243 g/mol. The van der Waals surface area contributed by atoms with E-state index in [-0.39, 0.29) is 5.75 Å². The van der Waals surface area contributed by atoms with Gasteiger partial charge in [-0.1, -0.05) is 17.3 Å². The highest BCUT2D eigenvalue weighted by molar-refractivity contribution is 5.30. The van der Waals surface area contributed by atoms with Gasteiger partial charge < -0.3 is 4.74 Å². The predicted octanol–water partition coefficient (Wildman–Crippen LogP) is 2.29. The van der Waals surface area contributed by atoms with Gasteiger partial charge >= 0.3 is 6.36 Å².